The van der Waals surface area contributed by atoms with Crippen LogP contribution in [0, 0.1) is 0 Å². The number of rotatable bonds is 7. The highest BCUT2D eigenvalue weighted by Gasteiger charge is 2.44. The van der Waals surface area contributed by atoms with Gasteiger partial charge >= 0.3 is 0 Å². The van der Waals surface area contributed by atoms with Gasteiger partial charge in [-0.2, -0.15) is 0 Å². The number of quaternary nitrogens is 1. The summed E-state index contributed by atoms with van der Waals surface area (Å²) in [6, 6.07) is 13.9. The molecule has 1 aliphatic rings. The van der Waals surface area contributed by atoms with Gasteiger partial charge < -0.3 is 19.6 Å². The lowest BCUT2D eigenvalue weighted by atomic mass is 9.85. The molecule has 1 saturated heterocycles. The molecule has 6 nitrogen and oxygen atoms in total. The van der Waals surface area contributed by atoms with Crippen LogP contribution < -0.4 is 14.7 Å². The number of hydrogen-bond acceptors (Lipinski definition) is 4. The summed E-state index contributed by atoms with van der Waals surface area (Å²) < 4.78 is 5.66. The summed E-state index contributed by atoms with van der Waals surface area (Å²) >= 11 is 0. The molecule has 1 atom stereocenters. The number of nitrogens with zero attached hydrogens (tertiary/aromatic N) is 1. The number of carbonyl (C=O) groups is 2. The fourth-order valence-corrected chi connectivity index (χ4v) is 4.07. The molecule has 1 heterocycles. The van der Waals surface area contributed by atoms with Crippen molar-refractivity contribution in [2.75, 3.05) is 27.2 Å². The first-order valence-electron chi connectivity index (χ1n) is 11.8. The number of Topliss-reactive ketones (excluding diaryl/α,β-unsaturated/α-hetero) is 1. The second-order valence-electron chi connectivity index (χ2n) is 10.5. The van der Waals surface area contributed by atoms with Crippen LogP contribution >= 0.6 is 0 Å². The molecule has 2 aromatic rings. The maximum atomic E-state index is 13.5. The Morgan fingerprint density at radius 2 is 1.62 bits per heavy atom. The van der Waals surface area contributed by atoms with Crippen molar-refractivity contribution in [3.63, 3.8) is 0 Å². The van der Waals surface area contributed by atoms with Gasteiger partial charge in [0, 0.05) is 5.57 Å². The van der Waals surface area contributed by atoms with Crippen molar-refractivity contribution in [3.05, 3.63) is 70.8 Å². The first kappa shape index (κ1) is 25.5. The standard InChI is InChI=1S/C28H36N2O4/c1-18(2)34-22-14-10-20(11-15-22)25(31)23-24(19-8-12-21(13-9-19)28(3,4)5)30(17-16-29(6)7)27(33)26(23)32/h8-15,18,24,31H,16-17H2,1-7H3. The normalized spacial score (nSPS) is 18.3. The van der Waals surface area contributed by atoms with Gasteiger partial charge in [-0.05, 0) is 48.1 Å². The van der Waals surface area contributed by atoms with Crippen LogP contribution in [0.15, 0.2) is 54.1 Å². The van der Waals surface area contributed by atoms with E-state index in [0.29, 0.717) is 24.4 Å². The van der Waals surface area contributed by atoms with Gasteiger partial charge in [-0.25, -0.2) is 0 Å². The molecule has 0 spiro atoms. The van der Waals surface area contributed by atoms with E-state index in [9.17, 15) is 14.7 Å². The van der Waals surface area contributed by atoms with Crippen LogP contribution in [0.1, 0.15) is 57.4 Å². The van der Waals surface area contributed by atoms with Gasteiger partial charge in [0.2, 0.25) is 5.78 Å². The van der Waals surface area contributed by atoms with Crippen molar-refractivity contribution in [2.45, 2.75) is 52.2 Å². The average Bonchev–Trinajstić information content (AvgIpc) is 3.01. The van der Waals surface area contributed by atoms with Crippen molar-refractivity contribution < 1.29 is 24.3 Å². The third-order valence-electron chi connectivity index (χ3n) is 5.96. The summed E-state index contributed by atoms with van der Waals surface area (Å²) in [5.41, 5.74) is 2.26. The van der Waals surface area contributed by atoms with Crippen LogP contribution in [0.2, 0.25) is 0 Å². The summed E-state index contributed by atoms with van der Waals surface area (Å²) in [7, 11) is 3.98. The fourth-order valence-electron chi connectivity index (χ4n) is 4.07. The number of nitrogens with one attached hydrogen (secondary N) is 1. The Balaban J connectivity index is 2.08. The van der Waals surface area contributed by atoms with Crippen LogP contribution in [0.4, 0.5) is 0 Å². The Bertz CT molecular complexity index is 1060. The van der Waals surface area contributed by atoms with Crippen LogP contribution in [0.3, 0.4) is 0 Å². The molecule has 1 fully saturated rings. The molecule has 3 rings (SSSR count). The largest absolute Gasteiger partial charge is 0.872 e. The quantitative estimate of drug-likeness (QED) is 0.387. The zero-order chi connectivity index (χ0) is 25.2. The van der Waals surface area contributed by atoms with Crippen LogP contribution in [0.25, 0.3) is 5.76 Å². The van der Waals surface area contributed by atoms with Crippen molar-refractivity contribution in [3.8, 4) is 5.75 Å². The third-order valence-corrected chi connectivity index (χ3v) is 5.96. The molecule has 1 amide bonds. The van der Waals surface area contributed by atoms with E-state index in [-0.39, 0.29) is 17.1 Å². The second kappa shape index (κ2) is 10.0. The molecular weight excluding hydrogens is 428 g/mol. The molecule has 0 bridgehead atoms. The number of likely N-dealkylation sites (tertiary alicyclic amines) is 1. The lowest BCUT2D eigenvalue weighted by Gasteiger charge is -2.28. The van der Waals surface area contributed by atoms with E-state index in [0.717, 1.165) is 16.0 Å². The minimum Gasteiger partial charge on any atom is -0.872 e. The minimum atomic E-state index is -0.717. The lowest BCUT2D eigenvalue weighted by Crippen LogP contribution is -3.06. The lowest BCUT2D eigenvalue weighted by molar-refractivity contribution is -0.857. The zero-order valence-electron chi connectivity index (χ0n) is 21.3. The highest BCUT2D eigenvalue weighted by atomic mass is 16.5. The molecule has 2 aromatic carbocycles. The molecule has 1 unspecified atom stereocenters. The van der Waals surface area contributed by atoms with E-state index < -0.39 is 23.5 Å². The summed E-state index contributed by atoms with van der Waals surface area (Å²) in [5.74, 6) is -1.10. The molecule has 0 radical (unpaired) electrons. The average molecular weight is 465 g/mol. The van der Waals surface area contributed by atoms with Crippen LogP contribution in [0.5, 0.6) is 5.75 Å². The highest BCUT2D eigenvalue weighted by molar-refractivity contribution is 6.46. The van der Waals surface area contributed by atoms with Crippen LogP contribution in [-0.4, -0.2) is 49.9 Å². The molecule has 0 saturated carbocycles. The summed E-state index contributed by atoms with van der Waals surface area (Å²) in [6.45, 7) is 11.3. The van der Waals surface area contributed by atoms with Gasteiger partial charge in [0.15, 0.2) is 0 Å². The summed E-state index contributed by atoms with van der Waals surface area (Å²) in [5, 5.41) is 13.5. The SMILES string of the molecule is CC(C)Oc1ccc(C([O-])=C2C(=O)C(=O)N(CC[NH+](C)C)C2c2ccc(C(C)(C)C)cc2)cc1. The highest BCUT2D eigenvalue weighted by Crippen LogP contribution is 2.39. The molecular formula is C28H36N2O4. The van der Waals surface area contributed by atoms with E-state index in [1.54, 1.807) is 29.2 Å². The number of ketones is 1. The van der Waals surface area contributed by atoms with Gasteiger partial charge in [0.25, 0.3) is 5.91 Å². The van der Waals surface area contributed by atoms with Gasteiger partial charge in [-0.3, -0.25) is 9.59 Å². The van der Waals surface area contributed by atoms with Crippen molar-refractivity contribution >= 4 is 17.4 Å². The fraction of sp³-hybridized carbons (Fsp3) is 0.429. The third kappa shape index (κ3) is 5.50. The molecule has 0 aromatic heterocycles. The van der Waals surface area contributed by atoms with Gasteiger partial charge in [0.1, 0.15) is 5.75 Å². The van der Waals surface area contributed by atoms with E-state index in [2.05, 4.69) is 20.8 Å². The predicted molar refractivity (Wildman–Crippen MR) is 131 cm³/mol. The topological polar surface area (TPSA) is 74.1 Å². The summed E-state index contributed by atoms with van der Waals surface area (Å²) in [4.78, 5) is 28.8. The molecule has 6 heteroatoms. The number of ether oxygens (including phenoxy) is 1. The molecule has 1 N–H and O–H groups in total. The van der Waals surface area contributed by atoms with Crippen molar-refractivity contribution in [1.29, 1.82) is 0 Å². The Hall–Kier alpha value is -3.12. The summed E-state index contributed by atoms with van der Waals surface area (Å²) in [6.07, 6.45) is 0.0118. The number of amides is 1. The van der Waals surface area contributed by atoms with Crippen molar-refractivity contribution in [2.24, 2.45) is 0 Å². The van der Waals surface area contributed by atoms with E-state index in [4.69, 9.17) is 4.74 Å². The second-order valence-corrected chi connectivity index (χ2v) is 10.5. The Kier molecular flexibility index (Phi) is 7.51. The smallest absolute Gasteiger partial charge is 0.295 e. The van der Waals surface area contributed by atoms with E-state index >= 15 is 0 Å². The predicted octanol–water partition coefficient (Wildman–Crippen LogP) is 2.14. The maximum absolute atomic E-state index is 13.5. The zero-order valence-corrected chi connectivity index (χ0v) is 21.3. The van der Waals surface area contributed by atoms with Gasteiger partial charge in [0.05, 0.1) is 39.3 Å². The minimum absolute atomic E-state index is 0.0118. The number of carbonyl (C=O) groups excluding carboxylic acids is 2. The Morgan fingerprint density at radius 3 is 2.12 bits per heavy atom. The van der Waals surface area contributed by atoms with E-state index in [1.165, 1.54) is 0 Å². The number of likely N-dealkylation sites (N-methyl/N-ethyl adjacent to an activating group) is 1. The maximum Gasteiger partial charge on any atom is 0.295 e. The number of benzene rings is 2. The van der Waals surface area contributed by atoms with Crippen LogP contribution in [-0.2, 0) is 15.0 Å². The monoisotopic (exact) mass is 464 g/mol. The van der Waals surface area contributed by atoms with Gasteiger partial charge in [-0.15, -0.1) is 0 Å². The number of hydrogen-bond donors (Lipinski definition) is 1. The first-order chi connectivity index (χ1) is 15.9. The molecule has 0 aliphatic carbocycles. The Morgan fingerprint density at radius 1 is 1.03 bits per heavy atom. The molecule has 1 aliphatic heterocycles. The van der Waals surface area contributed by atoms with Crippen molar-refractivity contribution in [1.82, 2.24) is 4.90 Å². The van der Waals surface area contributed by atoms with Gasteiger partial charge in [-0.1, -0.05) is 62.9 Å². The van der Waals surface area contributed by atoms with E-state index in [1.807, 2.05) is 52.2 Å². The molecule has 182 valence electrons. The molecule has 34 heavy (non-hydrogen) atoms. The first-order valence-corrected chi connectivity index (χ1v) is 11.8. The Labute approximate surface area is 202 Å².